The number of hydrogen-bond donors (Lipinski definition) is 2. The third-order valence-corrected chi connectivity index (χ3v) is 11.2. The van der Waals surface area contributed by atoms with Crippen molar-refractivity contribution < 1.29 is 35.2 Å². The number of fused-ring (bicyclic) bond motifs is 2. The number of benzene rings is 3. The van der Waals surface area contributed by atoms with Crippen molar-refractivity contribution in [2.45, 2.75) is 63.6 Å². The highest BCUT2D eigenvalue weighted by molar-refractivity contribution is 7.92. The maximum absolute atomic E-state index is 15.1. The summed E-state index contributed by atoms with van der Waals surface area (Å²) < 4.78 is 103. The number of nitrogens with one attached hydrogen (secondary N) is 2. The Balaban J connectivity index is 1.41. The molecule has 1 aliphatic rings. The summed E-state index contributed by atoms with van der Waals surface area (Å²) >= 11 is 6.61. The molecule has 61 heavy (non-hydrogen) atoms. The van der Waals surface area contributed by atoms with Crippen molar-refractivity contribution in [2.24, 2.45) is 0 Å². The number of nitrogens with zero attached hydrogens (tertiary/aromatic N) is 7. The minimum atomic E-state index is -4.06. The van der Waals surface area contributed by atoms with Crippen molar-refractivity contribution in [3.8, 4) is 16.9 Å². The standard InChI is InChI=1S/C41H35ClF5N9O4S/c1-41(2,55-15-14-29(51-55)22-8-9-22)40(58)49-31(18-21-16-23(43)19-24(44)17-21)38-50-36-26(10-12-30(48-36)25-6-4-5-7-28(25)45)39(57)56(38)32-13-11-27(42)34-35(32)54(20-33(46)47)52-37(34)53-61(3,59)60/h4-7,10-17,19,22,31,33H,8-9,18,20H2,1-3H3,(H,49,58)(H,52,53)/t31-/m0/s1. The number of rotatable bonds is 13. The highest BCUT2D eigenvalue weighted by Crippen LogP contribution is 2.40. The van der Waals surface area contributed by atoms with Crippen LogP contribution in [-0.2, 0) is 33.3 Å². The van der Waals surface area contributed by atoms with E-state index >= 15 is 9.18 Å². The van der Waals surface area contributed by atoms with Gasteiger partial charge in [-0.05, 0) is 86.8 Å². The van der Waals surface area contributed by atoms with Crippen LogP contribution in [0.15, 0.2) is 83.8 Å². The van der Waals surface area contributed by atoms with Gasteiger partial charge in [0.1, 0.15) is 35.4 Å². The van der Waals surface area contributed by atoms with Crippen molar-refractivity contribution >= 4 is 55.3 Å². The van der Waals surface area contributed by atoms with E-state index < -0.39 is 75.7 Å². The fourth-order valence-electron chi connectivity index (χ4n) is 7.18. The number of sulfonamides is 1. The molecule has 4 aromatic heterocycles. The van der Waals surface area contributed by atoms with Crippen LogP contribution >= 0.6 is 11.6 Å². The number of halogens is 6. The van der Waals surface area contributed by atoms with Crippen LogP contribution in [0.25, 0.3) is 38.9 Å². The van der Waals surface area contributed by atoms with E-state index in [4.69, 9.17) is 16.6 Å². The summed E-state index contributed by atoms with van der Waals surface area (Å²) in [5, 5.41) is 11.2. The third kappa shape index (κ3) is 8.31. The molecule has 0 spiro atoms. The number of aromatic nitrogens is 7. The smallest absolute Gasteiger partial charge is 0.267 e. The molecule has 316 valence electrons. The molecule has 2 N–H and O–H groups in total. The summed E-state index contributed by atoms with van der Waals surface area (Å²) in [7, 11) is -4.06. The normalized spacial score (nSPS) is 13.9. The fraction of sp³-hybridized carbons (Fsp3) is 0.268. The monoisotopic (exact) mass is 879 g/mol. The van der Waals surface area contributed by atoms with Gasteiger partial charge < -0.3 is 5.32 Å². The third-order valence-electron chi connectivity index (χ3n) is 10.3. The van der Waals surface area contributed by atoms with Crippen molar-refractivity contribution in [1.82, 2.24) is 39.4 Å². The summed E-state index contributed by atoms with van der Waals surface area (Å²) in [6.45, 7) is 2.10. The number of pyridine rings is 1. The molecule has 1 atom stereocenters. The summed E-state index contributed by atoms with van der Waals surface area (Å²) in [5.74, 6) is -3.64. The van der Waals surface area contributed by atoms with Crippen LogP contribution < -0.4 is 15.6 Å². The summed E-state index contributed by atoms with van der Waals surface area (Å²) in [5.41, 5.74) is -1.95. The zero-order chi connectivity index (χ0) is 43.5. The lowest BCUT2D eigenvalue weighted by molar-refractivity contribution is -0.129. The molecule has 1 aliphatic carbocycles. The highest BCUT2D eigenvalue weighted by atomic mass is 35.5. The molecular formula is C41H35ClF5N9O4S. The van der Waals surface area contributed by atoms with Gasteiger partial charge in [0.2, 0.25) is 15.9 Å². The van der Waals surface area contributed by atoms with Crippen molar-refractivity contribution in [3.05, 3.63) is 129 Å². The lowest BCUT2D eigenvalue weighted by Gasteiger charge is -2.29. The van der Waals surface area contributed by atoms with E-state index in [0.717, 1.165) is 46.2 Å². The first-order valence-corrected chi connectivity index (χ1v) is 21.1. The number of amides is 1. The van der Waals surface area contributed by atoms with Crippen LogP contribution in [0, 0.1) is 17.5 Å². The van der Waals surface area contributed by atoms with E-state index in [1.807, 2.05) is 6.07 Å². The number of hydrogen-bond acceptors (Lipinski definition) is 8. The van der Waals surface area contributed by atoms with Gasteiger partial charge in [0, 0.05) is 30.2 Å². The van der Waals surface area contributed by atoms with Gasteiger partial charge in [-0.25, -0.2) is 40.3 Å². The Morgan fingerprint density at radius 1 is 0.967 bits per heavy atom. The fourth-order valence-corrected chi connectivity index (χ4v) is 7.91. The largest absolute Gasteiger partial charge is 0.344 e. The summed E-state index contributed by atoms with van der Waals surface area (Å²) in [6.07, 6.45) is 0.941. The van der Waals surface area contributed by atoms with Crippen molar-refractivity contribution in [1.29, 1.82) is 0 Å². The van der Waals surface area contributed by atoms with Gasteiger partial charge >= 0.3 is 0 Å². The molecule has 1 saturated carbocycles. The molecule has 0 unspecified atom stereocenters. The summed E-state index contributed by atoms with van der Waals surface area (Å²) in [6, 6.07) is 14.1. The molecule has 8 rings (SSSR count). The number of alkyl halides is 2. The Labute approximate surface area is 349 Å². The molecule has 0 saturated heterocycles. The van der Waals surface area contributed by atoms with Gasteiger partial charge in [0.05, 0.1) is 50.7 Å². The molecule has 3 aromatic carbocycles. The molecule has 7 aromatic rings. The van der Waals surface area contributed by atoms with Gasteiger partial charge in [-0.15, -0.1) is 0 Å². The maximum atomic E-state index is 15.1. The zero-order valence-electron chi connectivity index (χ0n) is 32.5. The molecular weight excluding hydrogens is 845 g/mol. The van der Waals surface area contributed by atoms with E-state index in [9.17, 15) is 30.8 Å². The van der Waals surface area contributed by atoms with Crippen LogP contribution in [-0.4, -0.2) is 61.1 Å². The van der Waals surface area contributed by atoms with Crippen molar-refractivity contribution in [2.75, 3.05) is 11.0 Å². The lowest BCUT2D eigenvalue weighted by Crippen LogP contribution is -2.47. The molecule has 20 heteroatoms. The SMILES string of the molecule is CC(C)(C(=O)N[C@@H](Cc1cc(F)cc(F)c1)c1nc2nc(-c3ccccc3F)ccc2c(=O)n1-c1ccc(Cl)c2c(NS(C)(=O)=O)nn(CC(F)F)c12)n1ccc(C2CC2)n1. The van der Waals surface area contributed by atoms with Gasteiger partial charge in [-0.1, -0.05) is 23.7 Å². The number of carbonyl (C=O) groups excluding carboxylic acids is 1. The second-order valence-corrected chi connectivity index (χ2v) is 17.4. The predicted molar refractivity (Wildman–Crippen MR) is 218 cm³/mol. The maximum Gasteiger partial charge on any atom is 0.267 e. The van der Waals surface area contributed by atoms with E-state index in [1.165, 1.54) is 47.1 Å². The van der Waals surface area contributed by atoms with E-state index in [1.54, 1.807) is 26.1 Å². The van der Waals surface area contributed by atoms with Crippen LogP contribution in [0.3, 0.4) is 0 Å². The molecule has 0 bridgehead atoms. The topological polar surface area (TPSA) is 159 Å². The molecule has 4 heterocycles. The second kappa shape index (κ2) is 15.7. The van der Waals surface area contributed by atoms with Gasteiger partial charge in [0.25, 0.3) is 12.0 Å². The van der Waals surface area contributed by atoms with Crippen LogP contribution in [0.4, 0.5) is 27.8 Å². The molecule has 0 aliphatic heterocycles. The first-order valence-electron chi connectivity index (χ1n) is 18.8. The minimum absolute atomic E-state index is 0.0216. The first-order chi connectivity index (χ1) is 28.9. The van der Waals surface area contributed by atoms with Gasteiger partial charge in [-0.2, -0.15) is 10.2 Å². The first kappa shape index (κ1) is 41.5. The van der Waals surface area contributed by atoms with Gasteiger partial charge in [0.15, 0.2) is 11.5 Å². The van der Waals surface area contributed by atoms with E-state index in [0.29, 0.717) is 6.07 Å². The minimum Gasteiger partial charge on any atom is -0.344 e. The Bertz CT molecular complexity index is 3040. The quantitative estimate of drug-likeness (QED) is 0.113. The average molecular weight is 880 g/mol. The Morgan fingerprint density at radius 2 is 1.69 bits per heavy atom. The average Bonchev–Trinajstić information content (AvgIpc) is 3.80. The molecule has 0 radical (unpaired) electrons. The van der Waals surface area contributed by atoms with E-state index in [-0.39, 0.29) is 61.2 Å². The van der Waals surface area contributed by atoms with Crippen LogP contribution in [0.5, 0.6) is 0 Å². The number of carbonyl (C=O) groups is 1. The Hall–Kier alpha value is -6.21. The van der Waals surface area contributed by atoms with Gasteiger partial charge in [-0.3, -0.25) is 28.2 Å². The molecule has 1 fully saturated rings. The Morgan fingerprint density at radius 3 is 2.36 bits per heavy atom. The van der Waals surface area contributed by atoms with E-state index in [2.05, 4.69) is 25.2 Å². The molecule has 13 nitrogen and oxygen atoms in total. The summed E-state index contributed by atoms with van der Waals surface area (Å²) in [4.78, 5) is 38.9. The highest BCUT2D eigenvalue weighted by Gasteiger charge is 2.36. The zero-order valence-corrected chi connectivity index (χ0v) is 34.1. The van der Waals surface area contributed by atoms with Crippen molar-refractivity contribution in [3.63, 3.8) is 0 Å². The number of anilines is 1. The molecule has 1 amide bonds. The second-order valence-electron chi connectivity index (χ2n) is 15.3. The Kier molecular flexibility index (Phi) is 10.7. The van der Waals surface area contributed by atoms with Crippen LogP contribution in [0.2, 0.25) is 5.02 Å². The predicted octanol–water partition coefficient (Wildman–Crippen LogP) is 7.41. The lowest BCUT2D eigenvalue weighted by atomic mass is 10.0. The van der Waals surface area contributed by atoms with Crippen LogP contribution in [0.1, 0.15) is 55.7 Å².